The number of nitrogens with zero attached hydrogens (tertiary/aromatic N) is 3. The van der Waals surface area contributed by atoms with Crippen molar-refractivity contribution in [1.29, 1.82) is 0 Å². The molecule has 0 spiro atoms. The number of halogens is 4. The number of rotatable bonds is 2. The van der Waals surface area contributed by atoms with Gasteiger partial charge in [0, 0.05) is 44.4 Å². The van der Waals surface area contributed by atoms with Gasteiger partial charge in [0.15, 0.2) is 5.43 Å². The van der Waals surface area contributed by atoms with E-state index in [-0.39, 0.29) is 33.5 Å². The number of hydrogen-bond donors (Lipinski definition) is 0. The maximum absolute atomic E-state index is 14.8. The van der Waals surface area contributed by atoms with Crippen molar-refractivity contribution in [2.24, 2.45) is 0 Å². The first-order valence-electron chi connectivity index (χ1n) is 8.55. The predicted molar refractivity (Wildman–Crippen MR) is 96.2 cm³/mol. The topological polar surface area (TPSA) is 28.5 Å². The fourth-order valence-corrected chi connectivity index (χ4v) is 4.04. The largest absolute Gasteiger partial charge is 0.365 e. The van der Waals surface area contributed by atoms with Crippen LogP contribution in [-0.2, 0) is 0 Å². The quantitative estimate of drug-likeness (QED) is 0.793. The first-order valence-corrected chi connectivity index (χ1v) is 8.93. The second-order valence-corrected chi connectivity index (χ2v) is 7.61. The average Bonchev–Trinajstić information content (AvgIpc) is 3.21. The number of piperazine rings is 1. The van der Waals surface area contributed by atoms with Gasteiger partial charge in [0.1, 0.15) is 11.9 Å². The fourth-order valence-electron chi connectivity index (χ4n) is 3.63. The van der Waals surface area contributed by atoms with Crippen LogP contribution in [-0.4, -0.2) is 48.6 Å². The molecule has 26 heavy (non-hydrogen) atoms. The van der Waals surface area contributed by atoms with E-state index in [1.54, 1.807) is 6.92 Å². The van der Waals surface area contributed by atoms with Crippen molar-refractivity contribution in [3.05, 3.63) is 38.9 Å². The Morgan fingerprint density at radius 2 is 1.85 bits per heavy atom. The highest BCUT2D eigenvalue weighted by Gasteiger charge is 2.58. The molecule has 2 heterocycles. The summed E-state index contributed by atoms with van der Waals surface area (Å²) in [5, 5.41) is 0.0810. The SMILES string of the molecule is Cc1cn(C2CC2(F)F)c2c(Cl)c(N3CCN(C)CC3)c(F)cc2c1=O. The third-order valence-electron chi connectivity index (χ3n) is 5.31. The van der Waals surface area contributed by atoms with Gasteiger partial charge in [-0.1, -0.05) is 11.6 Å². The van der Waals surface area contributed by atoms with Crippen LogP contribution < -0.4 is 10.3 Å². The summed E-state index contributed by atoms with van der Waals surface area (Å²) in [7, 11) is 1.98. The summed E-state index contributed by atoms with van der Waals surface area (Å²) >= 11 is 6.51. The molecular weight excluding hydrogens is 367 g/mol. The molecule has 2 fully saturated rings. The van der Waals surface area contributed by atoms with E-state index in [9.17, 15) is 18.0 Å². The lowest BCUT2D eigenvalue weighted by molar-refractivity contribution is 0.101. The Morgan fingerprint density at radius 1 is 1.23 bits per heavy atom. The number of anilines is 1. The number of pyridine rings is 1. The summed E-state index contributed by atoms with van der Waals surface area (Å²) in [6.07, 6.45) is 1.11. The molecule has 4 nitrogen and oxygen atoms in total. The zero-order valence-corrected chi connectivity index (χ0v) is 15.3. The van der Waals surface area contributed by atoms with Gasteiger partial charge < -0.3 is 14.4 Å². The Kier molecular flexibility index (Phi) is 4.00. The van der Waals surface area contributed by atoms with Gasteiger partial charge >= 0.3 is 0 Å². The molecule has 1 saturated heterocycles. The van der Waals surface area contributed by atoms with Crippen LogP contribution in [0.4, 0.5) is 18.9 Å². The summed E-state index contributed by atoms with van der Waals surface area (Å²) in [5.74, 6) is -3.43. The molecule has 4 rings (SSSR count). The highest BCUT2D eigenvalue weighted by atomic mass is 35.5. The van der Waals surface area contributed by atoms with Crippen LogP contribution in [0.1, 0.15) is 18.0 Å². The molecule has 0 radical (unpaired) electrons. The number of hydrogen-bond acceptors (Lipinski definition) is 3. The van der Waals surface area contributed by atoms with E-state index < -0.39 is 17.8 Å². The Bertz CT molecular complexity index is 951. The van der Waals surface area contributed by atoms with E-state index in [0.29, 0.717) is 18.7 Å². The van der Waals surface area contributed by atoms with E-state index >= 15 is 0 Å². The van der Waals surface area contributed by atoms with Crippen LogP contribution in [0.3, 0.4) is 0 Å². The van der Waals surface area contributed by atoms with Crippen molar-refractivity contribution in [1.82, 2.24) is 9.47 Å². The van der Waals surface area contributed by atoms with Crippen LogP contribution in [0.2, 0.25) is 5.02 Å². The molecule has 2 aromatic rings. The molecule has 2 aliphatic rings. The number of benzene rings is 1. The Labute approximate surface area is 153 Å². The molecule has 1 aromatic carbocycles. The molecule has 1 aliphatic heterocycles. The number of aryl methyl sites for hydroxylation is 1. The first kappa shape index (κ1) is 17.7. The molecule has 1 saturated carbocycles. The van der Waals surface area contributed by atoms with Crippen LogP contribution in [0.5, 0.6) is 0 Å². The molecule has 0 amide bonds. The highest BCUT2D eigenvalue weighted by molar-refractivity contribution is 6.38. The molecular formula is C18H19ClF3N3O. The number of likely N-dealkylation sites (N-methyl/N-ethyl adjacent to an activating group) is 1. The molecule has 0 N–H and O–H groups in total. The minimum absolute atomic E-state index is 0.0318. The zero-order valence-electron chi connectivity index (χ0n) is 14.5. The van der Waals surface area contributed by atoms with Gasteiger partial charge in [-0.15, -0.1) is 0 Å². The van der Waals surface area contributed by atoms with E-state index in [4.69, 9.17) is 11.6 Å². The van der Waals surface area contributed by atoms with Crippen LogP contribution in [0, 0.1) is 12.7 Å². The smallest absolute Gasteiger partial charge is 0.270 e. The van der Waals surface area contributed by atoms with E-state index in [2.05, 4.69) is 4.90 Å². The van der Waals surface area contributed by atoms with Crippen LogP contribution in [0.25, 0.3) is 10.9 Å². The van der Waals surface area contributed by atoms with Gasteiger partial charge in [0.2, 0.25) is 0 Å². The zero-order chi connectivity index (χ0) is 18.8. The average molecular weight is 386 g/mol. The van der Waals surface area contributed by atoms with Gasteiger partial charge in [-0.25, -0.2) is 13.2 Å². The van der Waals surface area contributed by atoms with E-state index in [1.165, 1.54) is 10.8 Å². The van der Waals surface area contributed by atoms with Crippen molar-refractivity contribution >= 4 is 28.2 Å². The number of alkyl halides is 2. The van der Waals surface area contributed by atoms with Crippen molar-refractivity contribution < 1.29 is 13.2 Å². The Hall–Kier alpha value is -1.73. The molecule has 0 bridgehead atoms. The van der Waals surface area contributed by atoms with Crippen molar-refractivity contribution in [2.45, 2.75) is 25.3 Å². The number of fused-ring (bicyclic) bond motifs is 1. The summed E-state index contributed by atoms with van der Waals surface area (Å²) in [6.45, 7) is 4.19. The lowest BCUT2D eigenvalue weighted by Crippen LogP contribution is -2.45. The van der Waals surface area contributed by atoms with Crippen molar-refractivity contribution in [3.63, 3.8) is 0 Å². The highest BCUT2D eigenvalue weighted by Crippen LogP contribution is 2.54. The van der Waals surface area contributed by atoms with Crippen molar-refractivity contribution in [2.75, 3.05) is 38.1 Å². The number of aromatic nitrogens is 1. The standard InChI is InChI=1S/C18H19ClF3N3O/c1-10-9-25(13-8-18(13,21)22)15-11(17(10)26)7-12(20)16(14(15)19)24-5-3-23(2)4-6-24/h7,9,13H,3-6,8H2,1-2H3. The summed E-state index contributed by atoms with van der Waals surface area (Å²) in [4.78, 5) is 16.4. The molecule has 1 atom stereocenters. The predicted octanol–water partition coefficient (Wildman–Crippen LogP) is 3.43. The Balaban J connectivity index is 1.95. The molecule has 1 aromatic heterocycles. The second-order valence-electron chi connectivity index (χ2n) is 7.24. The van der Waals surface area contributed by atoms with Gasteiger partial charge in [-0.05, 0) is 20.0 Å². The van der Waals surface area contributed by atoms with E-state index in [1.807, 2.05) is 11.9 Å². The van der Waals surface area contributed by atoms with Crippen molar-refractivity contribution in [3.8, 4) is 0 Å². The minimum Gasteiger partial charge on any atom is -0.365 e. The summed E-state index contributed by atoms with van der Waals surface area (Å²) in [5.41, 5.74) is 0.293. The summed E-state index contributed by atoms with van der Waals surface area (Å²) in [6, 6.07) is 0.0916. The third-order valence-corrected chi connectivity index (χ3v) is 5.67. The third kappa shape index (κ3) is 2.68. The van der Waals surface area contributed by atoms with Gasteiger partial charge in [-0.2, -0.15) is 0 Å². The molecule has 1 unspecified atom stereocenters. The van der Waals surface area contributed by atoms with Gasteiger partial charge in [0.05, 0.1) is 21.6 Å². The summed E-state index contributed by atoms with van der Waals surface area (Å²) < 4.78 is 43.6. The lowest BCUT2D eigenvalue weighted by Gasteiger charge is -2.35. The maximum atomic E-state index is 14.8. The Morgan fingerprint density at radius 3 is 2.42 bits per heavy atom. The maximum Gasteiger partial charge on any atom is 0.270 e. The lowest BCUT2D eigenvalue weighted by atomic mass is 10.1. The van der Waals surface area contributed by atoms with Gasteiger partial charge in [-0.3, -0.25) is 4.79 Å². The molecule has 140 valence electrons. The monoisotopic (exact) mass is 385 g/mol. The molecule has 8 heteroatoms. The fraction of sp³-hybridized carbons (Fsp3) is 0.500. The second kappa shape index (κ2) is 5.89. The minimum atomic E-state index is -2.83. The normalized spacial score (nSPS) is 22.8. The van der Waals surface area contributed by atoms with Crippen LogP contribution >= 0.6 is 11.6 Å². The van der Waals surface area contributed by atoms with Gasteiger partial charge in [0.25, 0.3) is 5.92 Å². The van der Waals surface area contributed by atoms with Crippen LogP contribution in [0.15, 0.2) is 17.1 Å². The first-order chi connectivity index (χ1) is 12.2. The van der Waals surface area contributed by atoms with E-state index in [0.717, 1.165) is 19.2 Å². The molecule has 1 aliphatic carbocycles.